The second-order valence-corrected chi connectivity index (χ2v) is 3.39. The summed E-state index contributed by atoms with van der Waals surface area (Å²) in [4.78, 5) is 4.40. The van der Waals surface area contributed by atoms with Gasteiger partial charge in [-0.3, -0.25) is 0 Å². The highest BCUT2D eigenvalue weighted by atomic mass is 16.3. The van der Waals surface area contributed by atoms with Crippen molar-refractivity contribution in [2.24, 2.45) is 5.73 Å². The van der Waals surface area contributed by atoms with Crippen molar-refractivity contribution in [3.8, 4) is 0 Å². The molecule has 0 radical (unpaired) electrons. The summed E-state index contributed by atoms with van der Waals surface area (Å²) in [6.07, 6.45) is 3.66. The normalized spacial score (nSPS) is 22.4. The van der Waals surface area contributed by atoms with Gasteiger partial charge in [-0.2, -0.15) is 0 Å². The second kappa shape index (κ2) is 3.89. The molecule has 0 amide bonds. The monoisotopic (exact) mass is 181 g/mol. The Morgan fingerprint density at radius 1 is 1.69 bits per heavy atom. The molecule has 13 heavy (non-hydrogen) atoms. The summed E-state index contributed by atoms with van der Waals surface area (Å²) in [5.41, 5.74) is 6.49. The Morgan fingerprint density at radius 2 is 2.62 bits per heavy atom. The molecule has 1 atom stereocenters. The molecule has 2 heterocycles. The smallest absolute Gasteiger partial charge is 0.195 e. The van der Waals surface area contributed by atoms with Gasteiger partial charge in [-0.15, -0.1) is 0 Å². The van der Waals surface area contributed by atoms with Crippen molar-refractivity contribution in [1.29, 1.82) is 0 Å². The molecular weight excluding hydrogens is 166 g/mol. The van der Waals surface area contributed by atoms with Crippen molar-refractivity contribution >= 4 is 0 Å². The molecule has 1 aromatic rings. The van der Waals surface area contributed by atoms with E-state index in [1.165, 1.54) is 0 Å². The van der Waals surface area contributed by atoms with E-state index in [-0.39, 0.29) is 0 Å². The molecule has 1 aliphatic heterocycles. The van der Waals surface area contributed by atoms with Gasteiger partial charge in [0.15, 0.2) is 5.89 Å². The van der Waals surface area contributed by atoms with E-state index in [1.54, 1.807) is 6.26 Å². The summed E-state index contributed by atoms with van der Waals surface area (Å²) in [6.45, 7) is 2.71. The number of nitrogens with one attached hydrogen (secondary N) is 1. The Hall–Kier alpha value is -0.870. The molecule has 1 aliphatic rings. The lowest BCUT2D eigenvalue weighted by atomic mass is 10.1. The molecule has 0 aliphatic carbocycles. The molecule has 2 rings (SSSR count). The second-order valence-electron chi connectivity index (χ2n) is 3.39. The third kappa shape index (κ3) is 1.89. The van der Waals surface area contributed by atoms with Crippen molar-refractivity contribution in [1.82, 2.24) is 10.3 Å². The van der Waals surface area contributed by atoms with Gasteiger partial charge in [-0.1, -0.05) is 0 Å². The van der Waals surface area contributed by atoms with Gasteiger partial charge in [-0.05, 0) is 13.0 Å². The van der Waals surface area contributed by atoms with E-state index in [1.807, 2.05) is 0 Å². The maximum atomic E-state index is 5.41. The van der Waals surface area contributed by atoms with E-state index in [0.29, 0.717) is 12.5 Å². The summed E-state index contributed by atoms with van der Waals surface area (Å²) in [7, 11) is 0. The van der Waals surface area contributed by atoms with Crippen LogP contribution in [-0.4, -0.2) is 24.6 Å². The SMILES string of the molecule is NCCc1nc(C2CCNC2)co1. The van der Waals surface area contributed by atoms with Crippen LogP contribution < -0.4 is 11.1 Å². The highest BCUT2D eigenvalue weighted by molar-refractivity contribution is 5.07. The fraction of sp³-hybridized carbons (Fsp3) is 0.667. The highest BCUT2D eigenvalue weighted by Gasteiger charge is 2.19. The van der Waals surface area contributed by atoms with Gasteiger partial charge in [0.2, 0.25) is 0 Å². The largest absolute Gasteiger partial charge is 0.449 e. The summed E-state index contributed by atoms with van der Waals surface area (Å²) in [5, 5.41) is 3.31. The average molecular weight is 181 g/mol. The molecule has 1 saturated heterocycles. The van der Waals surface area contributed by atoms with Crippen LogP contribution in [0.25, 0.3) is 0 Å². The van der Waals surface area contributed by atoms with Crippen LogP contribution in [0.5, 0.6) is 0 Å². The number of oxazole rings is 1. The molecule has 1 unspecified atom stereocenters. The number of rotatable bonds is 3. The first-order valence-corrected chi connectivity index (χ1v) is 4.75. The lowest BCUT2D eigenvalue weighted by Gasteiger charge is -2.00. The van der Waals surface area contributed by atoms with Gasteiger partial charge < -0.3 is 15.5 Å². The van der Waals surface area contributed by atoms with Crippen molar-refractivity contribution in [3.05, 3.63) is 17.8 Å². The molecule has 3 N–H and O–H groups in total. The first-order valence-electron chi connectivity index (χ1n) is 4.75. The van der Waals surface area contributed by atoms with Crippen LogP contribution in [0.15, 0.2) is 10.7 Å². The lowest BCUT2D eigenvalue weighted by molar-refractivity contribution is 0.495. The Bertz CT molecular complexity index is 266. The van der Waals surface area contributed by atoms with Crippen LogP contribution in [0, 0.1) is 0 Å². The van der Waals surface area contributed by atoms with E-state index >= 15 is 0 Å². The lowest BCUT2D eigenvalue weighted by Crippen LogP contribution is -2.08. The summed E-state index contributed by atoms with van der Waals surface area (Å²) < 4.78 is 5.30. The zero-order valence-electron chi connectivity index (χ0n) is 7.62. The number of nitrogens with zero attached hydrogens (tertiary/aromatic N) is 1. The topological polar surface area (TPSA) is 64.1 Å². The average Bonchev–Trinajstić information content (AvgIpc) is 2.70. The summed E-state index contributed by atoms with van der Waals surface area (Å²) in [5.74, 6) is 1.31. The fourth-order valence-electron chi connectivity index (χ4n) is 1.66. The summed E-state index contributed by atoms with van der Waals surface area (Å²) in [6, 6.07) is 0. The molecule has 4 nitrogen and oxygen atoms in total. The molecule has 1 aromatic heterocycles. The Balaban J connectivity index is 2.03. The molecule has 0 spiro atoms. The van der Waals surface area contributed by atoms with E-state index in [9.17, 15) is 0 Å². The number of hydrogen-bond acceptors (Lipinski definition) is 4. The van der Waals surface area contributed by atoms with Gasteiger partial charge in [0.1, 0.15) is 6.26 Å². The van der Waals surface area contributed by atoms with Crippen LogP contribution in [0.2, 0.25) is 0 Å². The maximum absolute atomic E-state index is 5.41. The Kier molecular flexibility index (Phi) is 2.61. The standard InChI is InChI=1S/C9H15N3O/c10-3-1-9-12-8(6-13-9)7-2-4-11-5-7/h6-7,11H,1-5,10H2. The predicted molar refractivity (Wildman–Crippen MR) is 49.5 cm³/mol. The summed E-state index contributed by atoms with van der Waals surface area (Å²) >= 11 is 0. The maximum Gasteiger partial charge on any atom is 0.195 e. The van der Waals surface area contributed by atoms with Crippen LogP contribution in [-0.2, 0) is 6.42 Å². The zero-order chi connectivity index (χ0) is 9.10. The van der Waals surface area contributed by atoms with E-state index in [2.05, 4.69) is 10.3 Å². The van der Waals surface area contributed by atoms with Gasteiger partial charge in [0.05, 0.1) is 5.69 Å². The number of nitrogens with two attached hydrogens (primary N) is 1. The van der Waals surface area contributed by atoms with E-state index < -0.39 is 0 Å². The Labute approximate surface area is 77.5 Å². The minimum absolute atomic E-state index is 0.537. The molecular formula is C9H15N3O. The van der Waals surface area contributed by atoms with Crippen molar-refractivity contribution in [3.63, 3.8) is 0 Å². The predicted octanol–water partition coefficient (Wildman–Crippen LogP) is 0.253. The molecule has 72 valence electrons. The third-order valence-corrected chi connectivity index (χ3v) is 2.41. The van der Waals surface area contributed by atoms with Crippen LogP contribution in [0.4, 0.5) is 0 Å². The third-order valence-electron chi connectivity index (χ3n) is 2.41. The quantitative estimate of drug-likeness (QED) is 0.701. The van der Waals surface area contributed by atoms with Crippen molar-refractivity contribution in [2.45, 2.75) is 18.8 Å². The first-order chi connectivity index (χ1) is 6.40. The molecule has 0 bridgehead atoms. The molecule has 1 fully saturated rings. The minimum atomic E-state index is 0.537. The van der Waals surface area contributed by atoms with Gasteiger partial charge in [0.25, 0.3) is 0 Å². The van der Waals surface area contributed by atoms with Crippen LogP contribution in [0.1, 0.15) is 23.9 Å². The zero-order valence-corrected chi connectivity index (χ0v) is 7.62. The van der Waals surface area contributed by atoms with E-state index in [0.717, 1.165) is 37.5 Å². The fourth-order valence-corrected chi connectivity index (χ4v) is 1.66. The molecule has 0 saturated carbocycles. The van der Waals surface area contributed by atoms with Crippen LogP contribution in [0.3, 0.4) is 0 Å². The number of aromatic nitrogens is 1. The van der Waals surface area contributed by atoms with Gasteiger partial charge in [0, 0.05) is 25.4 Å². The number of hydrogen-bond donors (Lipinski definition) is 2. The van der Waals surface area contributed by atoms with Gasteiger partial charge >= 0.3 is 0 Å². The van der Waals surface area contributed by atoms with Crippen molar-refractivity contribution < 1.29 is 4.42 Å². The first kappa shape index (κ1) is 8.72. The van der Waals surface area contributed by atoms with E-state index in [4.69, 9.17) is 10.2 Å². The molecule has 4 heteroatoms. The Morgan fingerprint density at radius 3 is 3.31 bits per heavy atom. The highest BCUT2D eigenvalue weighted by Crippen LogP contribution is 2.21. The van der Waals surface area contributed by atoms with Crippen LogP contribution >= 0.6 is 0 Å². The minimum Gasteiger partial charge on any atom is -0.449 e. The van der Waals surface area contributed by atoms with Crippen molar-refractivity contribution in [2.75, 3.05) is 19.6 Å². The van der Waals surface area contributed by atoms with Gasteiger partial charge in [-0.25, -0.2) is 4.98 Å². The molecule has 0 aromatic carbocycles.